The largest absolute Gasteiger partial charge is 0.374 e. The molecule has 0 fully saturated rings. The number of pyridine rings is 1. The average molecular weight is 277 g/mol. The molecule has 0 atom stereocenters. The highest BCUT2D eigenvalue weighted by molar-refractivity contribution is 5.53. The molecule has 1 heterocycles. The monoisotopic (exact) mass is 277 g/mol. The molecule has 0 aliphatic heterocycles. The van der Waals surface area contributed by atoms with Crippen molar-refractivity contribution in [3.05, 3.63) is 23.5 Å². The summed E-state index contributed by atoms with van der Waals surface area (Å²) >= 11 is 0. The fraction of sp³-hybridized carbons (Fsp3) is 0.706. The van der Waals surface area contributed by atoms with Gasteiger partial charge in [-0.25, -0.2) is 0 Å². The first-order chi connectivity index (χ1) is 8.98. The number of nitrogens with zero attached hydrogens (tertiary/aromatic N) is 2. The van der Waals surface area contributed by atoms with Crippen LogP contribution in [-0.2, 0) is 6.54 Å². The third kappa shape index (κ3) is 5.91. The number of nitrogens with one attached hydrogen (secondary N) is 1. The zero-order valence-corrected chi connectivity index (χ0v) is 14.5. The first-order valence-electron chi connectivity index (χ1n) is 7.40. The summed E-state index contributed by atoms with van der Waals surface area (Å²) in [4.78, 5) is 6.79. The maximum absolute atomic E-state index is 4.45. The van der Waals surface area contributed by atoms with Gasteiger partial charge in [0.15, 0.2) is 0 Å². The molecule has 0 aliphatic rings. The summed E-state index contributed by atoms with van der Waals surface area (Å²) in [5.41, 5.74) is 4.01. The highest BCUT2D eigenvalue weighted by Gasteiger charge is 2.17. The van der Waals surface area contributed by atoms with Crippen LogP contribution in [0.4, 0.5) is 5.69 Å². The highest BCUT2D eigenvalue weighted by Crippen LogP contribution is 2.24. The molecule has 1 aromatic rings. The molecule has 0 amide bonds. The van der Waals surface area contributed by atoms with Gasteiger partial charge in [-0.15, -0.1) is 0 Å². The number of hydrogen-bond donors (Lipinski definition) is 1. The van der Waals surface area contributed by atoms with Gasteiger partial charge in [-0.3, -0.25) is 4.98 Å². The number of aryl methyl sites for hydroxylation is 1. The van der Waals surface area contributed by atoms with Gasteiger partial charge in [0.25, 0.3) is 0 Å². The van der Waals surface area contributed by atoms with Crippen LogP contribution < -0.4 is 10.2 Å². The Hall–Kier alpha value is -1.09. The van der Waals surface area contributed by atoms with Gasteiger partial charge in [-0.05, 0) is 39.2 Å². The van der Waals surface area contributed by atoms with Gasteiger partial charge >= 0.3 is 0 Å². The van der Waals surface area contributed by atoms with E-state index in [1.54, 1.807) is 0 Å². The van der Waals surface area contributed by atoms with E-state index in [9.17, 15) is 0 Å². The molecular weight excluding hydrogens is 246 g/mol. The molecule has 0 unspecified atom stereocenters. The van der Waals surface area contributed by atoms with Gasteiger partial charge in [0.05, 0.1) is 0 Å². The van der Waals surface area contributed by atoms with Gasteiger partial charge in [0, 0.05) is 48.8 Å². The molecular formula is C17H31N3. The summed E-state index contributed by atoms with van der Waals surface area (Å²) in [5, 5.41) is 3.55. The van der Waals surface area contributed by atoms with Crippen LogP contribution in [0.5, 0.6) is 0 Å². The summed E-state index contributed by atoms with van der Waals surface area (Å²) in [5.74, 6) is 0. The second kappa shape index (κ2) is 6.13. The predicted octanol–water partition coefficient (Wildman–Crippen LogP) is 3.76. The molecule has 20 heavy (non-hydrogen) atoms. The van der Waals surface area contributed by atoms with Crippen LogP contribution in [0.1, 0.15) is 52.8 Å². The minimum absolute atomic E-state index is 0.116. The Kier molecular flexibility index (Phi) is 5.20. The van der Waals surface area contributed by atoms with Crippen LogP contribution in [0.25, 0.3) is 0 Å². The van der Waals surface area contributed by atoms with E-state index < -0.39 is 0 Å². The lowest BCUT2D eigenvalue weighted by molar-refractivity contribution is 0.414. The van der Waals surface area contributed by atoms with Crippen LogP contribution in [0.15, 0.2) is 12.3 Å². The van der Waals surface area contributed by atoms with Gasteiger partial charge in [-0.2, -0.15) is 0 Å². The molecule has 0 bridgehead atoms. The Morgan fingerprint density at radius 1 is 1.15 bits per heavy atom. The van der Waals surface area contributed by atoms with E-state index in [1.807, 2.05) is 6.20 Å². The van der Waals surface area contributed by atoms with E-state index in [0.29, 0.717) is 0 Å². The van der Waals surface area contributed by atoms with Crippen molar-refractivity contribution in [2.45, 2.75) is 60.5 Å². The molecule has 1 aromatic heterocycles. The first kappa shape index (κ1) is 17.0. The van der Waals surface area contributed by atoms with Gasteiger partial charge in [0.1, 0.15) is 0 Å². The van der Waals surface area contributed by atoms with Crippen LogP contribution in [0.3, 0.4) is 0 Å². The topological polar surface area (TPSA) is 28.2 Å². The summed E-state index contributed by atoms with van der Waals surface area (Å²) in [6, 6.07) is 2.19. The Morgan fingerprint density at radius 3 is 2.25 bits per heavy atom. The van der Waals surface area contributed by atoms with Gasteiger partial charge in [0.2, 0.25) is 0 Å². The van der Waals surface area contributed by atoms with Crippen molar-refractivity contribution in [2.75, 3.05) is 18.5 Å². The lowest BCUT2D eigenvalue weighted by Gasteiger charge is -2.30. The summed E-state index contributed by atoms with van der Waals surface area (Å²) in [6.07, 6.45) is 2.00. The average Bonchev–Trinajstić information content (AvgIpc) is 2.23. The molecule has 3 heteroatoms. The standard InChI is InChI=1S/C17H31N3/c1-13-9-15(20(8)12-16(2,3)4)14(10-18-13)11-19-17(5,6)7/h9-10,19H,11-12H2,1-8H3. The first-order valence-corrected chi connectivity index (χ1v) is 7.40. The molecule has 1 N–H and O–H groups in total. The van der Waals surface area contributed by atoms with Crippen molar-refractivity contribution in [3.63, 3.8) is 0 Å². The van der Waals surface area contributed by atoms with E-state index in [1.165, 1.54) is 11.3 Å². The lowest BCUT2D eigenvalue weighted by Crippen LogP contribution is -2.36. The van der Waals surface area contributed by atoms with Crippen LogP contribution >= 0.6 is 0 Å². The fourth-order valence-corrected chi connectivity index (χ4v) is 2.22. The molecule has 0 saturated carbocycles. The predicted molar refractivity (Wildman–Crippen MR) is 88.3 cm³/mol. The third-order valence-corrected chi connectivity index (χ3v) is 3.03. The minimum Gasteiger partial charge on any atom is -0.374 e. The number of rotatable bonds is 4. The van der Waals surface area contributed by atoms with Crippen molar-refractivity contribution in [2.24, 2.45) is 5.41 Å². The normalized spacial score (nSPS) is 12.6. The van der Waals surface area contributed by atoms with Crippen LogP contribution in [0.2, 0.25) is 0 Å². The molecule has 0 radical (unpaired) electrons. The quantitative estimate of drug-likeness (QED) is 0.908. The third-order valence-electron chi connectivity index (χ3n) is 3.03. The van der Waals surface area contributed by atoms with Gasteiger partial charge < -0.3 is 10.2 Å². The van der Waals surface area contributed by atoms with Crippen molar-refractivity contribution in [3.8, 4) is 0 Å². The smallest absolute Gasteiger partial charge is 0.0443 e. The molecule has 3 nitrogen and oxygen atoms in total. The van der Waals surface area contributed by atoms with E-state index in [-0.39, 0.29) is 11.0 Å². The number of aromatic nitrogens is 1. The number of hydrogen-bond acceptors (Lipinski definition) is 3. The highest BCUT2D eigenvalue weighted by atomic mass is 15.1. The summed E-state index contributed by atoms with van der Waals surface area (Å²) in [7, 11) is 2.17. The fourth-order valence-electron chi connectivity index (χ4n) is 2.22. The molecule has 0 saturated heterocycles. The summed E-state index contributed by atoms with van der Waals surface area (Å²) < 4.78 is 0. The Morgan fingerprint density at radius 2 is 1.75 bits per heavy atom. The Bertz CT molecular complexity index is 439. The molecule has 0 aliphatic carbocycles. The van der Waals surface area contributed by atoms with Crippen molar-refractivity contribution in [1.82, 2.24) is 10.3 Å². The molecule has 1 rings (SSSR count). The van der Waals surface area contributed by atoms with Crippen LogP contribution in [0, 0.1) is 12.3 Å². The minimum atomic E-state index is 0.116. The van der Waals surface area contributed by atoms with E-state index >= 15 is 0 Å². The Labute approximate surface area is 124 Å². The van der Waals surface area contributed by atoms with Crippen molar-refractivity contribution < 1.29 is 0 Å². The van der Waals surface area contributed by atoms with E-state index in [4.69, 9.17) is 0 Å². The second-order valence-corrected chi connectivity index (χ2v) is 7.97. The van der Waals surface area contributed by atoms with E-state index in [0.717, 1.165) is 18.8 Å². The van der Waals surface area contributed by atoms with Crippen LogP contribution in [-0.4, -0.2) is 24.1 Å². The lowest BCUT2D eigenvalue weighted by atomic mass is 9.95. The summed E-state index contributed by atoms with van der Waals surface area (Å²) in [6.45, 7) is 17.3. The maximum atomic E-state index is 4.45. The molecule has 114 valence electrons. The van der Waals surface area contributed by atoms with Crippen molar-refractivity contribution >= 4 is 5.69 Å². The molecule has 0 spiro atoms. The SMILES string of the molecule is Cc1cc(N(C)CC(C)(C)C)c(CNC(C)(C)C)cn1. The Balaban J connectivity index is 2.95. The zero-order valence-electron chi connectivity index (χ0n) is 14.5. The zero-order chi connectivity index (χ0) is 15.6. The molecule has 0 aromatic carbocycles. The second-order valence-electron chi connectivity index (χ2n) is 7.97. The van der Waals surface area contributed by atoms with Gasteiger partial charge in [-0.1, -0.05) is 20.8 Å². The van der Waals surface area contributed by atoms with E-state index in [2.05, 4.69) is 76.8 Å². The van der Waals surface area contributed by atoms with Crippen molar-refractivity contribution in [1.29, 1.82) is 0 Å². The maximum Gasteiger partial charge on any atom is 0.0443 e. The number of anilines is 1.